The fourth-order valence-electron chi connectivity index (χ4n) is 3.92. The summed E-state index contributed by atoms with van der Waals surface area (Å²) >= 11 is 0. The quantitative estimate of drug-likeness (QED) is 0.449. The van der Waals surface area contributed by atoms with Crippen molar-refractivity contribution in [2.75, 3.05) is 26.7 Å². The average molecular weight is 395 g/mol. The Hall–Kier alpha value is -2.60. The van der Waals surface area contributed by atoms with Crippen molar-refractivity contribution in [2.24, 2.45) is 4.99 Å². The number of aryl methyl sites for hydroxylation is 2. The van der Waals surface area contributed by atoms with Gasteiger partial charge in [-0.15, -0.1) is 0 Å². The molecule has 156 valence electrons. The highest BCUT2D eigenvalue weighted by Crippen LogP contribution is 2.17. The zero-order valence-corrected chi connectivity index (χ0v) is 18.2. The predicted octanol–water partition coefficient (Wildman–Crippen LogP) is 3.19. The molecule has 3 rings (SSSR count). The minimum Gasteiger partial charge on any atom is -0.354 e. The van der Waals surface area contributed by atoms with E-state index < -0.39 is 0 Å². The van der Waals surface area contributed by atoms with E-state index in [0.717, 1.165) is 55.5 Å². The first-order chi connectivity index (χ1) is 14.0. The van der Waals surface area contributed by atoms with Gasteiger partial charge < -0.3 is 10.6 Å². The third-order valence-corrected chi connectivity index (χ3v) is 5.32. The van der Waals surface area contributed by atoms with Crippen LogP contribution < -0.4 is 10.6 Å². The van der Waals surface area contributed by atoms with Crippen LogP contribution in [-0.2, 0) is 6.54 Å². The molecule has 1 aliphatic heterocycles. The summed E-state index contributed by atoms with van der Waals surface area (Å²) < 4.78 is 2.01. The highest BCUT2D eigenvalue weighted by molar-refractivity contribution is 5.80. The van der Waals surface area contributed by atoms with Crippen molar-refractivity contribution in [3.8, 4) is 5.69 Å². The topological polar surface area (TPSA) is 57.5 Å². The van der Waals surface area contributed by atoms with E-state index in [1.165, 1.54) is 11.1 Å². The van der Waals surface area contributed by atoms with Crippen molar-refractivity contribution >= 4 is 5.96 Å². The van der Waals surface area contributed by atoms with Gasteiger partial charge in [-0.05, 0) is 51.3 Å². The van der Waals surface area contributed by atoms with Crippen molar-refractivity contribution in [1.29, 1.82) is 0 Å². The van der Waals surface area contributed by atoms with Crippen LogP contribution in [0.3, 0.4) is 0 Å². The zero-order chi connectivity index (χ0) is 20.8. The van der Waals surface area contributed by atoms with E-state index in [2.05, 4.69) is 76.4 Å². The van der Waals surface area contributed by atoms with Crippen LogP contribution in [0.1, 0.15) is 36.7 Å². The molecule has 1 saturated heterocycles. The molecule has 1 aliphatic rings. The largest absolute Gasteiger partial charge is 0.354 e. The molecule has 0 spiro atoms. The van der Waals surface area contributed by atoms with Gasteiger partial charge >= 0.3 is 0 Å². The van der Waals surface area contributed by atoms with Crippen LogP contribution in [0.5, 0.6) is 0 Å². The Balaban J connectivity index is 1.58. The summed E-state index contributed by atoms with van der Waals surface area (Å²) in [7, 11) is 1.83. The molecule has 29 heavy (non-hydrogen) atoms. The summed E-state index contributed by atoms with van der Waals surface area (Å²) in [6.45, 7) is 14.1. The van der Waals surface area contributed by atoms with Gasteiger partial charge in [0.15, 0.2) is 5.96 Å². The normalized spacial score (nSPS) is 16.1. The molecule has 0 radical (unpaired) electrons. The summed E-state index contributed by atoms with van der Waals surface area (Å²) in [5, 5.41) is 11.7. The van der Waals surface area contributed by atoms with E-state index in [0.29, 0.717) is 12.6 Å². The van der Waals surface area contributed by atoms with Crippen molar-refractivity contribution in [3.05, 3.63) is 59.4 Å². The molecular weight excluding hydrogens is 360 g/mol. The Labute approximate surface area is 174 Å². The highest BCUT2D eigenvalue weighted by atomic mass is 15.3. The number of hydrogen-bond donors (Lipinski definition) is 2. The molecule has 1 aromatic carbocycles. The van der Waals surface area contributed by atoms with Crippen molar-refractivity contribution in [3.63, 3.8) is 0 Å². The molecule has 2 heterocycles. The summed E-state index contributed by atoms with van der Waals surface area (Å²) in [6, 6.07) is 10.9. The first-order valence-corrected chi connectivity index (χ1v) is 10.4. The van der Waals surface area contributed by atoms with Crippen LogP contribution >= 0.6 is 0 Å². The molecule has 0 unspecified atom stereocenters. The van der Waals surface area contributed by atoms with Gasteiger partial charge in [-0.2, -0.15) is 5.10 Å². The number of aromatic nitrogens is 2. The van der Waals surface area contributed by atoms with Gasteiger partial charge in [0.05, 0.1) is 11.4 Å². The Kier molecular flexibility index (Phi) is 7.09. The van der Waals surface area contributed by atoms with Crippen LogP contribution in [0.15, 0.2) is 47.5 Å². The number of para-hydroxylation sites is 1. The standard InChI is InChI=1S/C23H34N6/c1-17(2)16-28-12-10-21(11-13-28)26-23(24-5)25-15-20-8-6-7-9-22(20)29-19(4)14-18(3)27-29/h6-9,14,21H,1,10-13,15-16H2,2-5H3,(H2,24,25,26). The van der Waals surface area contributed by atoms with E-state index in [-0.39, 0.29) is 0 Å². The van der Waals surface area contributed by atoms with Crippen molar-refractivity contribution in [2.45, 2.75) is 46.2 Å². The molecule has 1 fully saturated rings. The second-order valence-corrected chi connectivity index (χ2v) is 8.05. The second-order valence-electron chi connectivity index (χ2n) is 8.05. The minimum absolute atomic E-state index is 0.453. The van der Waals surface area contributed by atoms with Crippen LogP contribution in [-0.4, -0.2) is 53.4 Å². The third kappa shape index (κ3) is 5.70. The Bertz CT molecular complexity index is 858. The van der Waals surface area contributed by atoms with E-state index in [9.17, 15) is 0 Å². The highest BCUT2D eigenvalue weighted by Gasteiger charge is 2.20. The van der Waals surface area contributed by atoms with Gasteiger partial charge in [-0.3, -0.25) is 9.89 Å². The maximum absolute atomic E-state index is 4.64. The monoisotopic (exact) mass is 394 g/mol. The lowest BCUT2D eigenvalue weighted by Crippen LogP contribution is -2.48. The molecule has 0 bridgehead atoms. The lowest BCUT2D eigenvalue weighted by Gasteiger charge is -2.33. The lowest BCUT2D eigenvalue weighted by atomic mass is 10.0. The van der Waals surface area contributed by atoms with Gasteiger partial charge in [0.1, 0.15) is 0 Å². The molecule has 6 nitrogen and oxygen atoms in total. The maximum atomic E-state index is 4.64. The van der Waals surface area contributed by atoms with Crippen LogP contribution in [0, 0.1) is 13.8 Å². The van der Waals surface area contributed by atoms with Gasteiger partial charge in [0, 0.05) is 45.0 Å². The third-order valence-electron chi connectivity index (χ3n) is 5.32. The lowest BCUT2D eigenvalue weighted by molar-refractivity contribution is 0.221. The molecule has 6 heteroatoms. The van der Waals surface area contributed by atoms with E-state index in [1.54, 1.807) is 0 Å². The van der Waals surface area contributed by atoms with Crippen LogP contribution in [0.2, 0.25) is 0 Å². The molecule has 0 aliphatic carbocycles. The zero-order valence-electron chi connectivity index (χ0n) is 18.2. The van der Waals surface area contributed by atoms with Gasteiger partial charge in [0.2, 0.25) is 0 Å². The maximum Gasteiger partial charge on any atom is 0.191 e. The minimum atomic E-state index is 0.453. The smallest absolute Gasteiger partial charge is 0.191 e. The number of aliphatic imine (C=N–C) groups is 1. The molecule has 2 N–H and O–H groups in total. The summed E-state index contributed by atoms with van der Waals surface area (Å²) in [5.74, 6) is 0.853. The fraction of sp³-hybridized carbons (Fsp3) is 0.478. The predicted molar refractivity (Wildman–Crippen MR) is 121 cm³/mol. The SMILES string of the molecule is C=C(C)CN1CCC(NC(=NC)NCc2ccccc2-n2nc(C)cc2C)CC1. The Morgan fingerprint density at radius 2 is 1.97 bits per heavy atom. The number of benzene rings is 1. The number of nitrogens with one attached hydrogen (secondary N) is 2. The Morgan fingerprint density at radius 3 is 2.59 bits per heavy atom. The molecule has 0 saturated carbocycles. The van der Waals surface area contributed by atoms with Crippen molar-refractivity contribution < 1.29 is 0 Å². The molecular formula is C23H34N6. The van der Waals surface area contributed by atoms with Gasteiger partial charge in [0.25, 0.3) is 0 Å². The van der Waals surface area contributed by atoms with E-state index in [4.69, 9.17) is 0 Å². The molecule has 2 aromatic rings. The number of rotatable bonds is 6. The number of piperidine rings is 1. The first-order valence-electron chi connectivity index (χ1n) is 10.4. The van der Waals surface area contributed by atoms with Gasteiger partial charge in [-0.25, -0.2) is 4.68 Å². The van der Waals surface area contributed by atoms with Crippen LogP contribution in [0.25, 0.3) is 5.69 Å². The fourth-order valence-corrected chi connectivity index (χ4v) is 3.92. The van der Waals surface area contributed by atoms with Crippen LogP contribution in [0.4, 0.5) is 0 Å². The molecule has 0 amide bonds. The molecule has 0 atom stereocenters. The van der Waals surface area contributed by atoms with Crippen molar-refractivity contribution in [1.82, 2.24) is 25.3 Å². The first kappa shape index (κ1) is 21.1. The average Bonchev–Trinajstić information content (AvgIpc) is 3.04. The summed E-state index contributed by atoms with van der Waals surface area (Å²) in [5.41, 5.74) is 5.70. The number of hydrogen-bond acceptors (Lipinski definition) is 3. The van der Waals surface area contributed by atoms with Gasteiger partial charge in [-0.1, -0.05) is 30.4 Å². The van der Waals surface area contributed by atoms with E-state index in [1.807, 2.05) is 18.7 Å². The summed E-state index contributed by atoms with van der Waals surface area (Å²) in [4.78, 5) is 6.91. The number of likely N-dealkylation sites (tertiary alicyclic amines) is 1. The summed E-state index contributed by atoms with van der Waals surface area (Å²) in [6.07, 6.45) is 2.24. The Morgan fingerprint density at radius 1 is 1.24 bits per heavy atom. The second kappa shape index (κ2) is 9.74. The number of nitrogens with zero attached hydrogens (tertiary/aromatic N) is 4. The number of guanidine groups is 1. The van der Waals surface area contributed by atoms with E-state index >= 15 is 0 Å². The molecule has 1 aromatic heterocycles.